The second-order valence-corrected chi connectivity index (χ2v) is 4.93. The number of hydrogen-bond donors (Lipinski definition) is 1. The number of pyridine rings is 1. The molecule has 0 fully saturated rings. The van der Waals surface area contributed by atoms with Crippen LogP contribution in [0, 0.1) is 0 Å². The molecule has 94 valence electrons. The highest BCUT2D eigenvalue weighted by molar-refractivity contribution is 7.09. The van der Waals surface area contributed by atoms with Crippen molar-refractivity contribution >= 4 is 23.1 Å². The molecule has 0 unspecified atom stereocenters. The molecule has 2 aromatic heterocycles. The van der Waals surface area contributed by atoms with Gasteiger partial charge in [0.15, 0.2) is 0 Å². The molecule has 0 atom stereocenters. The molecule has 0 radical (unpaired) electrons. The molecule has 0 saturated carbocycles. The number of aromatic nitrogens is 1. The molecule has 0 aromatic carbocycles. The van der Waals surface area contributed by atoms with E-state index in [4.69, 9.17) is 0 Å². The Bertz CT molecular complexity index is 525. The van der Waals surface area contributed by atoms with Gasteiger partial charge in [0, 0.05) is 19.0 Å². The molecule has 1 amide bonds. The lowest BCUT2D eigenvalue weighted by molar-refractivity contribution is 0.0781. The van der Waals surface area contributed by atoms with Crippen molar-refractivity contribution in [3.05, 3.63) is 46.3 Å². The van der Waals surface area contributed by atoms with Crippen molar-refractivity contribution in [3.63, 3.8) is 0 Å². The SMILES string of the molecule is CNc1cccc(C(=O)N(C)Cc2cccs2)n1. The average Bonchev–Trinajstić information content (AvgIpc) is 2.90. The van der Waals surface area contributed by atoms with Crippen molar-refractivity contribution < 1.29 is 4.79 Å². The molecule has 18 heavy (non-hydrogen) atoms. The maximum absolute atomic E-state index is 12.2. The summed E-state index contributed by atoms with van der Waals surface area (Å²) in [5.74, 6) is 0.630. The number of nitrogens with one attached hydrogen (secondary N) is 1. The Balaban J connectivity index is 2.10. The van der Waals surface area contributed by atoms with Crippen LogP contribution in [-0.4, -0.2) is 29.9 Å². The van der Waals surface area contributed by atoms with Crippen molar-refractivity contribution in [2.45, 2.75) is 6.54 Å². The molecule has 0 spiro atoms. The molecule has 0 aliphatic heterocycles. The average molecular weight is 261 g/mol. The molecular formula is C13H15N3OS. The molecule has 0 aliphatic rings. The van der Waals surface area contributed by atoms with E-state index in [1.165, 1.54) is 0 Å². The summed E-state index contributed by atoms with van der Waals surface area (Å²) < 4.78 is 0. The topological polar surface area (TPSA) is 45.2 Å². The monoisotopic (exact) mass is 261 g/mol. The third-order valence-corrected chi connectivity index (χ3v) is 3.41. The first-order chi connectivity index (χ1) is 8.70. The lowest BCUT2D eigenvalue weighted by atomic mass is 10.3. The molecule has 2 aromatic rings. The number of rotatable bonds is 4. The van der Waals surface area contributed by atoms with Crippen LogP contribution in [0.4, 0.5) is 5.82 Å². The highest BCUT2D eigenvalue weighted by Gasteiger charge is 2.14. The van der Waals surface area contributed by atoms with Crippen molar-refractivity contribution in [1.82, 2.24) is 9.88 Å². The van der Waals surface area contributed by atoms with E-state index in [0.717, 1.165) is 4.88 Å². The first-order valence-corrected chi connectivity index (χ1v) is 6.51. The zero-order valence-electron chi connectivity index (χ0n) is 10.4. The van der Waals surface area contributed by atoms with Crippen LogP contribution in [-0.2, 0) is 6.54 Å². The fourth-order valence-corrected chi connectivity index (χ4v) is 2.35. The standard InChI is InChI=1S/C13H15N3OS/c1-14-12-7-3-6-11(15-12)13(17)16(2)9-10-5-4-8-18-10/h3-8H,9H2,1-2H3,(H,14,15). The largest absolute Gasteiger partial charge is 0.373 e. The van der Waals surface area contributed by atoms with E-state index in [2.05, 4.69) is 10.3 Å². The summed E-state index contributed by atoms with van der Waals surface area (Å²) in [4.78, 5) is 19.3. The number of hydrogen-bond acceptors (Lipinski definition) is 4. The summed E-state index contributed by atoms with van der Waals surface area (Å²) >= 11 is 1.64. The van der Waals surface area contributed by atoms with Crippen molar-refractivity contribution in [2.75, 3.05) is 19.4 Å². The van der Waals surface area contributed by atoms with Gasteiger partial charge < -0.3 is 10.2 Å². The van der Waals surface area contributed by atoms with Gasteiger partial charge in [-0.2, -0.15) is 0 Å². The van der Waals surface area contributed by atoms with Gasteiger partial charge in [0.2, 0.25) is 0 Å². The normalized spacial score (nSPS) is 10.1. The maximum atomic E-state index is 12.2. The molecular weight excluding hydrogens is 246 g/mol. The maximum Gasteiger partial charge on any atom is 0.272 e. The summed E-state index contributed by atoms with van der Waals surface area (Å²) in [5, 5.41) is 4.93. The van der Waals surface area contributed by atoms with Gasteiger partial charge >= 0.3 is 0 Å². The van der Waals surface area contributed by atoms with E-state index in [0.29, 0.717) is 18.1 Å². The van der Waals surface area contributed by atoms with E-state index in [1.807, 2.05) is 29.6 Å². The van der Waals surface area contributed by atoms with Crippen LogP contribution in [0.2, 0.25) is 0 Å². The molecule has 0 bridgehead atoms. The van der Waals surface area contributed by atoms with Crippen LogP contribution in [0.1, 0.15) is 15.4 Å². The van der Waals surface area contributed by atoms with Gasteiger partial charge in [-0.05, 0) is 23.6 Å². The van der Waals surface area contributed by atoms with Crippen LogP contribution >= 0.6 is 11.3 Å². The predicted octanol–water partition coefficient (Wildman–Crippen LogP) is 2.46. The minimum atomic E-state index is -0.0690. The Labute approximate surface area is 110 Å². The molecule has 2 heterocycles. The lowest BCUT2D eigenvalue weighted by Crippen LogP contribution is -2.26. The van der Waals surface area contributed by atoms with Gasteiger partial charge in [-0.15, -0.1) is 11.3 Å². The van der Waals surface area contributed by atoms with Crippen molar-refractivity contribution in [1.29, 1.82) is 0 Å². The van der Waals surface area contributed by atoms with Gasteiger partial charge in [0.1, 0.15) is 11.5 Å². The van der Waals surface area contributed by atoms with E-state index >= 15 is 0 Å². The van der Waals surface area contributed by atoms with Gasteiger partial charge in [-0.3, -0.25) is 4.79 Å². The van der Waals surface area contributed by atoms with Crippen LogP contribution < -0.4 is 5.32 Å². The van der Waals surface area contributed by atoms with Crippen LogP contribution in [0.15, 0.2) is 35.7 Å². The highest BCUT2D eigenvalue weighted by atomic mass is 32.1. The number of amides is 1. The Kier molecular flexibility index (Phi) is 3.94. The zero-order valence-corrected chi connectivity index (χ0v) is 11.2. The molecule has 1 N–H and O–H groups in total. The zero-order chi connectivity index (χ0) is 13.0. The Morgan fingerprint density at radius 1 is 1.39 bits per heavy atom. The number of carbonyl (C=O) groups is 1. The lowest BCUT2D eigenvalue weighted by Gasteiger charge is -2.16. The number of thiophene rings is 1. The first kappa shape index (κ1) is 12.6. The number of anilines is 1. The smallest absolute Gasteiger partial charge is 0.272 e. The summed E-state index contributed by atoms with van der Waals surface area (Å²) in [7, 11) is 3.57. The summed E-state index contributed by atoms with van der Waals surface area (Å²) in [6.07, 6.45) is 0. The van der Waals surface area contributed by atoms with E-state index in [9.17, 15) is 4.79 Å². The fourth-order valence-electron chi connectivity index (χ4n) is 1.60. The predicted molar refractivity (Wildman–Crippen MR) is 73.9 cm³/mol. The van der Waals surface area contributed by atoms with Crippen LogP contribution in [0.5, 0.6) is 0 Å². The van der Waals surface area contributed by atoms with Crippen LogP contribution in [0.3, 0.4) is 0 Å². The summed E-state index contributed by atoms with van der Waals surface area (Å²) in [6.45, 7) is 0.613. The quantitative estimate of drug-likeness (QED) is 0.919. The second-order valence-electron chi connectivity index (χ2n) is 3.90. The molecule has 5 heteroatoms. The van der Waals surface area contributed by atoms with Crippen LogP contribution in [0.25, 0.3) is 0 Å². The number of carbonyl (C=O) groups excluding carboxylic acids is 1. The third kappa shape index (κ3) is 2.87. The first-order valence-electron chi connectivity index (χ1n) is 5.63. The summed E-state index contributed by atoms with van der Waals surface area (Å²) in [5.41, 5.74) is 0.459. The van der Waals surface area contributed by atoms with E-state index < -0.39 is 0 Å². The third-order valence-electron chi connectivity index (χ3n) is 2.54. The second kappa shape index (κ2) is 5.64. The Hall–Kier alpha value is -1.88. The molecule has 4 nitrogen and oxygen atoms in total. The minimum absolute atomic E-state index is 0.0690. The summed E-state index contributed by atoms with van der Waals surface area (Å²) in [6, 6.07) is 9.39. The Morgan fingerprint density at radius 3 is 2.89 bits per heavy atom. The molecule has 0 aliphatic carbocycles. The molecule has 0 saturated heterocycles. The van der Waals surface area contributed by atoms with Gasteiger partial charge in [-0.25, -0.2) is 4.98 Å². The van der Waals surface area contributed by atoms with E-state index in [1.54, 1.807) is 36.4 Å². The van der Waals surface area contributed by atoms with E-state index in [-0.39, 0.29) is 5.91 Å². The number of nitrogens with zero attached hydrogens (tertiary/aromatic N) is 2. The minimum Gasteiger partial charge on any atom is -0.373 e. The van der Waals surface area contributed by atoms with Gasteiger partial charge in [-0.1, -0.05) is 12.1 Å². The van der Waals surface area contributed by atoms with Gasteiger partial charge in [0.05, 0.1) is 6.54 Å². The van der Waals surface area contributed by atoms with Gasteiger partial charge in [0.25, 0.3) is 5.91 Å². The van der Waals surface area contributed by atoms with Crippen molar-refractivity contribution in [2.24, 2.45) is 0 Å². The Morgan fingerprint density at radius 2 is 2.22 bits per heavy atom. The van der Waals surface area contributed by atoms with Crippen molar-refractivity contribution in [3.8, 4) is 0 Å². The highest BCUT2D eigenvalue weighted by Crippen LogP contribution is 2.13. The molecule has 2 rings (SSSR count). The fraction of sp³-hybridized carbons (Fsp3) is 0.231.